The summed E-state index contributed by atoms with van der Waals surface area (Å²) in [6, 6.07) is 11.2. The Kier molecular flexibility index (Phi) is 4.61. The standard InChI is InChI=1S/C17H13F3N4O2/c18-17(19,20)16(26)21-8-11-3-1-2-4-12(11)24-15(25)10-5-6-13-14(7-10)23-9-22-13/h1-7,9H,8H2,(H,21,26)(H,22,23)(H,24,25). The number of nitrogens with zero attached hydrogens (tertiary/aromatic N) is 1. The number of amides is 2. The summed E-state index contributed by atoms with van der Waals surface area (Å²) in [4.78, 5) is 30.3. The lowest BCUT2D eigenvalue weighted by Crippen LogP contribution is -2.36. The van der Waals surface area contributed by atoms with E-state index in [9.17, 15) is 22.8 Å². The van der Waals surface area contributed by atoms with Crippen LogP contribution in [0.4, 0.5) is 18.9 Å². The lowest BCUT2D eigenvalue weighted by atomic mass is 10.1. The fraction of sp³-hybridized carbons (Fsp3) is 0.118. The molecule has 0 spiro atoms. The maximum Gasteiger partial charge on any atom is 0.471 e. The van der Waals surface area contributed by atoms with E-state index in [2.05, 4.69) is 15.3 Å². The van der Waals surface area contributed by atoms with Crippen LogP contribution < -0.4 is 10.6 Å². The monoisotopic (exact) mass is 362 g/mol. The van der Waals surface area contributed by atoms with Crippen molar-refractivity contribution < 1.29 is 22.8 Å². The summed E-state index contributed by atoms with van der Waals surface area (Å²) in [5.74, 6) is -2.47. The third kappa shape index (κ3) is 3.82. The molecule has 0 aliphatic rings. The molecule has 0 fully saturated rings. The topological polar surface area (TPSA) is 86.9 Å². The predicted octanol–water partition coefficient (Wildman–Crippen LogP) is 2.99. The number of hydrogen-bond donors (Lipinski definition) is 3. The number of anilines is 1. The molecule has 9 heteroatoms. The van der Waals surface area contributed by atoms with Crippen LogP contribution in [0, 0.1) is 0 Å². The molecule has 0 radical (unpaired) electrons. The molecule has 26 heavy (non-hydrogen) atoms. The molecule has 0 saturated heterocycles. The molecule has 134 valence electrons. The van der Waals surface area contributed by atoms with Gasteiger partial charge in [0.15, 0.2) is 0 Å². The number of aromatic nitrogens is 2. The Morgan fingerprint density at radius 1 is 1.12 bits per heavy atom. The van der Waals surface area contributed by atoms with E-state index in [0.717, 1.165) is 0 Å². The van der Waals surface area contributed by atoms with Crippen LogP contribution in [0.3, 0.4) is 0 Å². The van der Waals surface area contributed by atoms with Crippen molar-refractivity contribution >= 4 is 28.5 Å². The van der Waals surface area contributed by atoms with Crippen molar-refractivity contribution in [2.24, 2.45) is 0 Å². The molecule has 6 nitrogen and oxygen atoms in total. The highest BCUT2D eigenvalue weighted by Crippen LogP contribution is 2.19. The molecule has 0 atom stereocenters. The summed E-state index contributed by atoms with van der Waals surface area (Å²) in [5, 5.41) is 4.42. The van der Waals surface area contributed by atoms with Gasteiger partial charge in [0.05, 0.1) is 17.4 Å². The first-order chi connectivity index (χ1) is 12.3. The quantitative estimate of drug-likeness (QED) is 0.667. The van der Waals surface area contributed by atoms with Gasteiger partial charge in [0, 0.05) is 17.8 Å². The molecule has 2 amide bonds. The van der Waals surface area contributed by atoms with Gasteiger partial charge < -0.3 is 15.6 Å². The highest BCUT2D eigenvalue weighted by Gasteiger charge is 2.38. The number of aromatic amines is 1. The zero-order valence-electron chi connectivity index (χ0n) is 13.2. The van der Waals surface area contributed by atoms with Gasteiger partial charge in [0.25, 0.3) is 5.91 Å². The van der Waals surface area contributed by atoms with Crippen LogP contribution in [0.5, 0.6) is 0 Å². The van der Waals surface area contributed by atoms with E-state index in [0.29, 0.717) is 27.8 Å². The number of rotatable bonds is 4. The van der Waals surface area contributed by atoms with Crippen LogP contribution in [0.25, 0.3) is 11.0 Å². The molecule has 3 N–H and O–H groups in total. The van der Waals surface area contributed by atoms with Crippen LogP contribution in [0.15, 0.2) is 48.8 Å². The van der Waals surface area contributed by atoms with E-state index < -0.39 is 18.0 Å². The third-order valence-corrected chi connectivity index (χ3v) is 3.64. The normalized spacial score (nSPS) is 11.3. The van der Waals surface area contributed by atoms with Gasteiger partial charge in [-0.25, -0.2) is 4.98 Å². The summed E-state index contributed by atoms with van der Waals surface area (Å²) in [6.45, 7) is -0.367. The van der Waals surface area contributed by atoms with E-state index in [1.165, 1.54) is 12.4 Å². The van der Waals surface area contributed by atoms with Crippen LogP contribution in [0.1, 0.15) is 15.9 Å². The molecular weight excluding hydrogens is 349 g/mol. The lowest BCUT2D eigenvalue weighted by molar-refractivity contribution is -0.173. The van der Waals surface area contributed by atoms with Crippen molar-refractivity contribution in [3.05, 3.63) is 59.9 Å². The Hall–Kier alpha value is -3.36. The summed E-state index contributed by atoms with van der Waals surface area (Å²) < 4.78 is 36.9. The largest absolute Gasteiger partial charge is 0.471 e. The molecule has 0 unspecified atom stereocenters. The number of para-hydroxylation sites is 1. The predicted molar refractivity (Wildman–Crippen MR) is 88.4 cm³/mol. The van der Waals surface area contributed by atoms with Gasteiger partial charge in [-0.2, -0.15) is 13.2 Å². The zero-order valence-corrected chi connectivity index (χ0v) is 13.2. The van der Waals surface area contributed by atoms with Crippen LogP contribution in [-0.2, 0) is 11.3 Å². The number of hydrogen-bond acceptors (Lipinski definition) is 3. The van der Waals surface area contributed by atoms with E-state index in [4.69, 9.17) is 0 Å². The number of alkyl halides is 3. The third-order valence-electron chi connectivity index (χ3n) is 3.64. The molecule has 0 saturated carbocycles. The number of nitrogens with one attached hydrogen (secondary N) is 3. The second kappa shape index (κ2) is 6.87. The second-order valence-electron chi connectivity index (χ2n) is 5.43. The molecule has 0 bridgehead atoms. The molecular formula is C17H13F3N4O2. The Labute approximate surface area is 145 Å². The number of imidazole rings is 1. The van der Waals surface area contributed by atoms with Gasteiger partial charge in [-0.1, -0.05) is 18.2 Å². The molecule has 2 aromatic carbocycles. The first-order valence-corrected chi connectivity index (χ1v) is 7.52. The lowest BCUT2D eigenvalue weighted by Gasteiger charge is -2.13. The minimum atomic E-state index is -4.96. The summed E-state index contributed by atoms with van der Waals surface area (Å²) in [6.07, 6.45) is -3.46. The minimum Gasteiger partial charge on any atom is -0.345 e. The molecule has 3 rings (SSSR count). The summed E-state index contributed by atoms with van der Waals surface area (Å²) in [7, 11) is 0. The van der Waals surface area contributed by atoms with Gasteiger partial charge in [0.1, 0.15) is 0 Å². The second-order valence-corrected chi connectivity index (χ2v) is 5.43. The minimum absolute atomic E-state index is 0.310. The number of benzene rings is 2. The summed E-state index contributed by atoms with van der Waals surface area (Å²) >= 11 is 0. The highest BCUT2D eigenvalue weighted by atomic mass is 19.4. The Morgan fingerprint density at radius 3 is 2.65 bits per heavy atom. The van der Waals surface area contributed by atoms with Crippen LogP contribution in [0.2, 0.25) is 0 Å². The molecule has 0 aliphatic heterocycles. The number of halogens is 3. The van der Waals surface area contributed by atoms with E-state index in [1.54, 1.807) is 41.7 Å². The van der Waals surface area contributed by atoms with Gasteiger partial charge >= 0.3 is 12.1 Å². The molecule has 1 heterocycles. The van der Waals surface area contributed by atoms with Crippen molar-refractivity contribution in [2.45, 2.75) is 12.7 Å². The van der Waals surface area contributed by atoms with Gasteiger partial charge in [0.2, 0.25) is 0 Å². The SMILES string of the molecule is O=C(Nc1ccccc1CNC(=O)C(F)(F)F)c1ccc2nc[nH]c2c1. The van der Waals surface area contributed by atoms with E-state index >= 15 is 0 Å². The Balaban J connectivity index is 1.75. The highest BCUT2D eigenvalue weighted by molar-refractivity contribution is 6.06. The van der Waals surface area contributed by atoms with Crippen LogP contribution >= 0.6 is 0 Å². The number of fused-ring (bicyclic) bond motifs is 1. The Morgan fingerprint density at radius 2 is 1.88 bits per heavy atom. The zero-order chi connectivity index (χ0) is 18.7. The number of carbonyl (C=O) groups excluding carboxylic acids is 2. The fourth-order valence-corrected chi connectivity index (χ4v) is 2.34. The first kappa shape index (κ1) is 17.5. The average Bonchev–Trinajstić information content (AvgIpc) is 3.07. The average molecular weight is 362 g/mol. The van der Waals surface area contributed by atoms with E-state index in [-0.39, 0.29) is 6.54 Å². The van der Waals surface area contributed by atoms with Crippen LogP contribution in [-0.4, -0.2) is 28.0 Å². The van der Waals surface area contributed by atoms with Gasteiger partial charge in [-0.3, -0.25) is 9.59 Å². The van der Waals surface area contributed by atoms with Crippen molar-refractivity contribution in [1.82, 2.24) is 15.3 Å². The van der Waals surface area contributed by atoms with Gasteiger partial charge in [-0.05, 0) is 29.8 Å². The molecule has 3 aromatic rings. The molecule has 0 aliphatic carbocycles. The maximum absolute atomic E-state index is 12.4. The van der Waals surface area contributed by atoms with Crippen molar-refractivity contribution in [3.8, 4) is 0 Å². The first-order valence-electron chi connectivity index (χ1n) is 7.52. The Bertz CT molecular complexity index is 966. The van der Waals surface area contributed by atoms with Crippen molar-refractivity contribution in [2.75, 3.05) is 5.32 Å². The maximum atomic E-state index is 12.4. The van der Waals surface area contributed by atoms with Crippen molar-refractivity contribution in [3.63, 3.8) is 0 Å². The van der Waals surface area contributed by atoms with Gasteiger partial charge in [-0.15, -0.1) is 0 Å². The smallest absolute Gasteiger partial charge is 0.345 e. The number of carbonyl (C=O) groups is 2. The fourth-order valence-electron chi connectivity index (χ4n) is 2.34. The van der Waals surface area contributed by atoms with E-state index in [1.807, 2.05) is 0 Å². The summed E-state index contributed by atoms with van der Waals surface area (Å²) in [5.41, 5.74) is 2.40. The number of H-pyrrole nitrogens is 1. The molecule has 1 aromatic heterocycles. The van der Waals surface area contributed by atoms with Crippen molar-refractivity contribution in [1.29, 1.82) is 0 Å².